The Morgan fingerprint density at radius 2 is 1.93 bits per heavy atom. The molecule has 1 N–H and O–H groups in total. The molecule has 30 heavy (non-hydrogen) atoms. The van der Waals surface area contributed by atoms with E-state index in [2.05, 4.69) is 5.32 Å². The minimum absolute atomic E-state index is 0.178. The average molecular weight is 426 g/mol. The molecule has 1 aliphatic heterocycles. The zero-order chi connectivity index (χ0) is 21.3. The van der Waals surface area contributed by atoms with Crippen molar-refractivity contribution < 1.29 is 14.4 Å². The van der Waals surface area contributed by atoms with Gasteiger partial charge in [0.15, 0.2) is 0 Å². The van der Waals surface area contributed by atoms with Crippen LogP contribution in [0, 0.1) is 12.8 Å². The number of nitrogens with one attached hydrogen (secondary N) is 1. The first-order valence-corrected chi connectivity index (χ1v) is 11.2. The SMILES string of the molecule is Cc1ccc(CN(CCc2ccccc2)C(=O)CN2C(=O)NC(C)(C3CC3)C2=O)s1. The first-order valence-electron chi connectivity index (χ1n) is 10.4. The van der Waals surface area contributed by atoms with Gasteiger partial charge in [0.05, 0.1) is 6.54 Å². The molecule has 1 unspecified atom stereocenters. The third-order valence-corrected chi connectivity index (χ3v) is 6.98. The first-order chi connectivity index (χ1) is 14.4. The van der Waals surface area contributed by atoms with Crippen LogP contribution in [0.4, 0.5) is 4.79 Å². The number of carbonyl (C=O) groups is 3. The van der Waals surface area contributed by atoms with Crippen LogP contribution >= 0.6 is 11.3 Å². The number of benzene rings is 1. The van der Waals surface area contributed by atoms with Gasteiger partial charge >= 0.3 is 6.03 Å². The van der Waals surface area contributed by atoms with Crippen molar-refractivity contribution in [3.63, 3.8) is 0 Å². The summed E-state index contributed by atoms with van der Waals surface area (Å²) in [5.41, 5.74) is 0.283. The van der Waals surface area contributed by atoms with E-state index in [0.717, 1.165) is 34.6 Å². The van der Waals surface area contributed by atoms with Gasteiger partial charge in [0.1, 0.15) is 12.1 Å². The molecule has 0 radical (unpaired) electrons. The maximum absolute atomic E-state index is 13.2. The number of nitrogens with zero attached hydrogens (tertiary/aromatic N) is 2. The topological polar surface area (TPSA) is 69.7 Å². The molecule has 2 aliphatic rings. The van der Waals surface area contributed by atoms with E-state index in [1.807, 2.05) is 49.4 Å². The summed E-state index contributed by atoms with van der Waals surface area (Å²) < 4.78 is 0. The summed E-state index contributed by atoms with van der Waals surface area (Å²) in [6.07, 6.45) is 2.59. The Morgan fingerprint density at radius 3 is 2.57 bits per heavy atom. The van der Waals surface area contributed by atoms with Crippen LogP contribution in [-0.2, 0) is 22.6 Å². The number of thiophene rings is 1. The van der Waals surface area contributed by atoms with Crippen molar-refractivity contribution in [2.24, 2.45) is 5.92 Å². The van der Waals surface area contributed by atoms with Gasteiger partial charge < -0.3 is 10.2 Å². The highest BCUT2D eigenvalue weighted by atomic mass is 32.1. The second-order valence-electron chi connectivity index (χ2n) is 8.36. The lowest BCUT2D eigenvalue weighted by Crippen LogP contribution is -2.47. The lowest BCUT2D eigenvalue weighted by atomic mass is 9.96. The molecule has 0 bridgehead atoms. The lowest BCUT2D eigenvalue weighted by molar-refractivity contribution is -0.139. The fourth-order valence-corrected chi connectivity index (χ4v) is 4.90. The van der Waals surface area contributed by atoms with E-state index in [-0.39, 0.29) is 24.3 Å². The summed E-state index contributed by atoms with van der Waals surface area (Å²) in [5, 5.41) is 2.82. The summed E-state index contributed by atoms with van der Waals surface area (Å²) in [5.74, 6) is -0.309. The van der Waals surface area contributed by atoms with Crippen LogP contribution in [0.25, 0.3) is 0 Å². The Bertz CT molecular complexity index is 954. The largest absolute Gasteiger partial charge is 0.336 e. The number of imide groups is 1. The zero-order valence-corrected chi connectivity index (χ0v) is 18.2. The van der Waals surface area contributed by atoms with Gasteiger partial charge in [-0.15, -0.1) is 11.3 Å². The van der Waals surface area contributed by atoms with Crippen LogP contribution in [0.15, 0.2) is 42.5 Å². The molecule has 1 atom stereocenters. The highest BCUT2D eigenvalue weighted by molar-refractivity contribution is 7.11. The molecule has 1 saturated heterocycles. The van der Waals surface area contributed by atoms with Crippen LogP contribution in [0.3, 0.4) is 0 Å². The Balaban J connectivity index is 1.47. The second-order valence-corrected chi connectivity index (χ2v) is 9.73. The average Bonchev–Trinajstić information content (AvgIpc) is 3.48. The van der Waals surface area contributed by atoms with Crippen molar-refractivity contribution in [1.29, 1.82) is 0 Å². The van der Waals surface area contributed by atoms with Gasteiger partial charge in [-0.25, -0.2) is 4.79 Å². The van der Waals surface area contributed by atoms with E-state index in [1.54, 1.807) is 23.2 Å². The molecule has 6 nitrogen and oxygen atoms in total. The van der Waals surface area contributed by atoms with Gasteiger partial charge in [-0.1, -0.05) is 30.3 Å². The standard InChI is InChI=1S/C23H27N3O3S/c1-16-8-11-19(30-16)14-25(13-12-17-6-4-3-5-7-17)20(27)15-26-21(28)23(2,18-9-10-18)24-22(26)29/h3-8,11,18H,9-10,12-15H2,1-2H3,(H,24,29). The number of carbonyl (C=O) groups excluding carboxylic acids is 3. The van der Waals surface area contributed by atoms with E-state index in [9.17, 15) is 14.4 Å². The van der Waals surface area contributed by atoms with Gasteiger partial charge in [0, 0.05) is 16.3 Å². The summed E-state index contributed by atoms with van der Waals surface area (Å²) in [4.78, 5) is 43.7. The van der Waals surface area contributed by atoms with Crippen molar-refractivity contribution >= 4 is 29.2 Å². The Kier molecular flexibility index (Phi) is 5.64. The fourth-order valence-electron chi connectivity index (χ4n) is 3.99. The van der Waals surface area contributed by atoms with Crippen molar-refractivity contribution in [1.82, 2.24) is 15.1 Å². The van der Waals surface area contributed by atoms with E-state index in [4.69, 9.17) is 0 Å². The van der Waals surface area contributed by atoms with Crippen LogP contribution in [0.5, 0.6) is 0 Å². The van der Waals surface area contributed by atoms with E-state index in [0.29, 0.717) is 13.1 Å². The minimum atomic E-state index is -0.864. The quantitative estimate of drug-likeness (QED) is 0.660. The van der Waals surface area contributed by atoms with Gasteiger partial charge in [0.25, 0.3) is 5.91 Å². The molecule has 2 fully saturated rings. The van der Waals surface area contributed by atoms with Crippen LogP contribution in [-0.4, -0.2) is 46.3 Å². The smallest absolute Gasteiger partial charge is 0.325 e. The molecule has 1 aliphatic carbocycles. The molecule has 158 valence electrons. The lowest BCUT2D eigenvalue weighted by Gasteiger charge is -2.25. The second kappa shape index (κ2) is 8.22. The molecule has 4 amide bonds. The predicted octanol–water partition coefficient (Wildman–Crippen LogP) is 3.35. The van der Waals surface area contributed by atoms with Gasteiger partial charge in [-0.3, -0.25) is 14.5 Å². The van der Waals surface area contributed by atoms with Gasteiger partial charge in [0.2, 0.25) is 5.91 Å². The zero-order valence-electron chi connectivity index (χ0n) is 17.4. The van der Waals surface area contributed by atoms with Crippen molar-refractivity contribution in [2.75, 3.05) is 13.1 Å². The van der Waals surface area contributed by atoms with E-state index in [1.165, 1.54) is 4.88 Å². The summed E-state index contributed by atoms with van der Waals surface area (Å²) in [6.45, 7) is 4.61. The maximum atomic E-state index is 13.2. The minimum Gasteiger partial charge on any atom is -0.336 e. The first kappa shape index (κ1) is 20.6. The molecule has 1 aromatic carbocycles. The van der Waals surface area contributed by atoms with Crippen LogP contribution < -0.4 is 5.32 Å². The molecule has 2 heterocycles. The molecule has 4 rings (SSSR count). The molecule has 0 spiro atoms. The predicted molar refractivity (Wildman–Crippen MR) is 116 cm³/mol. The number of aryl methyl sites for hydroxylation is 1. The molecular formula is C23H27N3O3S. The maximum Gasteiger partial charge on any atom is 0.325 e. The molecule has 1 saturated carbocycles. The molecular weight excluding hydrogens is 398 g/mol. The van der Waals surface area contributed by atoms with E-state index >= 15 is 0 Å². The molecule has 2 aromatic rings. The number of urea groups is 1. The Labute approximate surface area is 180 Å². The summed E-state index contributed by atoms with van der Waals surface area (Å²) in [7, 11) is 0. The Morgan fingerprint density at radius 1 is 1.20 bits per heavy atom. The fraction of sp³-hybridized carbons (Fsp3) is 0.435. The molecule has 1 aromatic heterocycles. The van der Waals surface area contributed by atoms with Crippen molar-refractivity contribution in [3.8, 4) is 0 Å². The Hall–Kier alpha value is -2.67. The van der Waals surface area contributed by atoms with Crippen LogP contribution in [0.2, 0.25) is 0 Å². The number of rotatable bonds is 8. The monoisotopic (exact) mass is 425 g/mol. The summed E-state index contributed by atoms with van der Waals surface area (Å²) in [6, 6.07) is 13.6. The normalized spacial score (nSPS) is 21.1. The van der Waals surface area contributed by atoms with Gasteiger partial charge in [-0.2, -0.15) is 0 Å². The number of hydrogen-bond donors (Lipinski definition) is 1. The number of hydrogen-bond acceptors (Lipinski definition) is 4. The third-order valence-electron chi connectivity index (χ3n) is 6.00. The number of amides is 4. The highest BCUT2D eigenvalue weighted by Gasteiger charge is 2.56. The van der Waals surface area contributed by atoms with Gasteiger partial charge in [-0.05, 0) is 56.7 Å². The third kappa shape index (κ3) is 4.26. The van der Waals surface area contributed by atoms with E-state index < -0.39 is 11.6 Å². The summed E-state index contributed by atoms with van der Waals surface area (Å²) >= 11 is 1.66. The highest BCUT2D eigenvalue weighted by Crippen LogP contribution is 2.42. The van der Waals surface area contributed by atoms with Crippen molar-refractivity contribution in [3.05, 3.63) is 57.8 Å². The van der Waals surface area contributed by atoms with Crippen LogP contribution in [0.1, 0.15) is 35.1 Å². The molecule has 7 heteroatoms. The van der Waals surface area contributed by atoms with Crippen molar-refractivity contribution in [2.45, 2.75) is 45.2 Å².